The van der Waals surface area contributed by atoms with Gasteiger partial charge in [-0.2, -0.15) is 5.10 Å². The first-order chi connectivity index (χ1) is 13.6. The van der Waals surface area contributed by atoms with E-state index >= 15 is 0 Å². The molecule has 3 aliphatic rings. The molecule has 0 aromatic heterocycles. The Morgan fingerprint density at radius 2 is 2.00 bits per heavy atom. The summed E-state index contributed by atoms with van der Waals surface area (Å²) in [7, 11) is 0. The summed E-state index contributed by atoms with van der Waals surface area (Å²) in [4.78, 5) is 35.6. The number of nitro benzene ring substituents is 1. The zero-order valence-electron chi connectivity index (χ0n) is 16.7. The topological polar surface area (TPSA) is 122 Å². The zero-order chi connectivity index (χ0) is 21.1. The molecule has 4 rings (SSSR count). The van der Waals surface area contributed by atoms with Gasteiger partial charge in [-0.1, -0.05) is 20.8 Å². The molecule has 0 radical (unpaired) electrons. The van der Waals surface area contributed by atoms with E-state index in [-0.39, 0.29) is 34.6 Å². The molecule has 0 aliphatic heterocycles. The summed E-state index contributed by atoms with van der Waals surface area (Å²) < 4.78 is 0. The third-order valence-electron chi connectivity index (χ3n) is 7.94. The van der Waals surface area contributed by atoms with Crippen molar-refractivity contribution in [1.82, 2.24) is 0 Å². The number of anilines is 1. The van der Waals surface area contributed by atoms with Gasteiger partial charge in [-0.3, -0.25) is 25.1 Å². The molecule has 0 saturated heterocycles. The fraction of sp³-hybridized carbons (Fsp3) is 0.571. The van der Waals surface area contributed by atoms with Gasteiger partial charge < -0.3 is 5.11 Å². The van der Waals surface area contributed by atoms with Gasteiger partial charge in [0.2, 0.25) is 0 Å². The van der Waals surface area contributed by atoms with Crippen LogP contribution in [0.1, 0.15) is 40.0 Å². The minimum absolute atomic E-state index is 0.00646. The minimum Gasteiger partial charge on any atom is -0.481 e. The lowest BCUT2D eigenvalue weighted by Crippen LogP contribution is -2.43. The smallest absolute Gasteiger partial charge is 0.307 e. The Hall–Kier alpha value is -2.77. The van der Waals surface area contributed by atoms with Crippen molar-refractivity contribution in [3.05, 3.63) is 34.4 Å². The Labute approximate surface area is 168 Å². The van der Waals surface area contributed by atoms with Crippen molar-refractivity contribution in [2.75, 3.05) is 5.43 Å². The van der Waals surface area contributed by atoms with Crippen molar-refractivity contribution >= 4 is 28.8 Å². The number of aliphatic carboxylic acids is 1. The number of Topliss-reactive ketones (excluding diaryl/α,β-unsaturated/α-hetero) is 1. The predicted octanol–water partition coefficient (Wildman–Crippen LogP) is 3.72. The summed E-state index contributed by atoms with van der Waals surface area (Å²) in [5.41, 5.74) is 3.48. The second-order valence-corrected chi connectivity index (χ2v) is 9.01. The molecule has 4 bridgehead atoms. The first-order valence-electron chi connectivity index (χ1n) is 9.97. The molecule has 8 heteroatoms. The number of rotatable bonds is 5. The highest BCUT2D eigenvalue weighted by Crippen LogP contribution is 2.73. The van der Waals surface area contributed by atoms with Crippen LogP contribution in [0.3, 0.4) is 0 Å². The molecule has 29 heavy (non-hydrogen) atoms. The second kappa shape index (κ2) is 6.37. The number of hydrazone groups is 1. The fourth-order valence-corrected chi connectivity index (χ4v) is 6.36. The third kappa shape index (κ3) is 2.54. The molecule has 3 saturated carbocycles. The molecule has 154 valence electrons. The van der Waals surface area contributed by atoms with Gasteiger partial charge >= 0.3 is 5.97 Å². The van der Waals surface area contributed by atoms with Crippen molar-refractivity contribution in [2.24, 2.45) is 39.6 Å². The maximum Gasteiger partial charge on any atom is 0.307 e. The number of nitrogens with one attached hydrogen (secondary N) is 1. The molecule has 1 aromatic rings. The number of hydrogen-bond acceptors (Lipinski definition) is 6. The van der Waals surface area contributed by atoms with E-state index in [1.165, 1.54) is 12.1 Å². The largest absolute Gasteiger partial charge is 0.481 e. The van der Waals surface area contributed by atoms with Crippen LogP contribution in [-0.2, 0) is 9.59 Å². The number of benzene rings is 1. The summed E-state index contributed by atoms with van der Waals surface area (Å²) >= 11 is 0. The average Bonchev–Trinajstić information content (AvgIpc) is 3.03. The lowest BCUT2D eigenvalue weighted by molar-refractivity contribution is -0.384. The molecule has 8 nitrogen and oxygen atoms in total. The maximum absolute atomic E-state index is 13.5. The van der Waals surface area contributed by atoms with Crippen LogP contribution in [0.5, 0.6) is 0 Å². The number of carboxylic acid groups (broad SMARTS) is 1. The number of non-ortho nitro benzene ring substituents is 1. The van der Waals surface area contributed by atoms with Crippen molar-refractivity contribution in [3.8, 4) is 0 Å². The van der Waals surface area contributed by atoms with Gasteiger partial charge in [0.1, 0.15) is 5.78 Å². The molecule has 3 fully saturated rings. The van der Waals surface area contributed by atoms with E-state index < -0.39 is 22.2 Å². The average molecular weight is 399 g/mol. The summed E-state index contributed by atoms with van der Waals surface area (Å²) in [5, 5.41) is 25.0. The van der Waals surface area contributed by atoms with Crippen molar-refractivity contribution in [1.29, 1.82) is 0 Å². The van der Waals surface area contributed by atoms with Gasteiger partial charge in [0.15, 0.2) is 0 Å². The SMILES string of the molecule is CC1C(=NNc2ccc([N+](=O)[O-])cc2)CC2C3(C)CCC2(C(C)C(=O)O)C(=O)C13. The van der Waals surface area contributed by atoms with Crippen molar-refractivity contribution < 1.29 is 19.6 Å². The quantitative estimate of drug-likeness (QED) is 0.575. The lowest BCUT2D eigenvalue weighted by Gasteiger charge is -2.42. The zero-order valence-corrected chi connectivity index (χ0v) is 16.7. The van der Waals surface area contributed by atoms with E-state index in [4.69, 9.17) is 0 Å². The first-order valence-corrected chi connectivity index (χ1v) is 9.97. The number of ketones is 1. The van der Waals surface area contributed by atoms with Crippen molar-refractivity contribution in [2.45, 2.75) is 40.0 Å². The molecular weight excluding hydrogens is 374 g/mol. The van der Waals surface area contributed by atoms with Crippen LogP contribution in [-0.4, -0.2) is 27.5 Å². The Kier molecular flexibility index (Phi) is 4.29. The van der Waals surface area contributed by atoms with E-state index in [0.29, 0.717) is 18.5 Å². The monoisotopic (exact) mass is 399 g/mol. The molecule has 6 unspecified atom stereocenters. The summed E-state index contributed by atoms with van der Waals surface area (Å²) in [6, 6.07) is 6.00. The summed E-state index contributed by atoms with van der Waals surface area (Å²) in [6.07, 6.45) is 2.10. The Bertz CT molecular complexity index is 927. The van der Waals surface area contributed by atoms with Crippen LogP contribution in [0.2, 0.25) is 0 Å². The highest BCUT2D eigenvalue weighted by atomic mass is 16.6. The van der Waals surface area contributed by atoms with Gasteiger partial charge in [0, 0.05) is 35.1 Å². The Morgan fingerprint density at radius 1 is 1.34 bits per heavy atom. The lowest BCUT2D eigenvalue weighted by atomic mass is 9.61. The second-order valence-electron chi connectivity index (χ2n) is 9.01. The molecule has 6 atom stereocenters. The molecular formula is C21H25N3O5. The predicted molar refractivity (Wildman–Crippen MR) is 106 cm³/mol. The minimum atomic E-state index is -0.912. The number of nitrogens with zero attached hydrogens (tertiary/aromatic N) is 2. The van der Waals surface area contributed by atoms with E-state index in [0.717, 1.165) is 12.1 Å². The fourth-order valence-electron chi connectivity index (χ4n) is 6.36. The standard InChI is InChI=1S/C21H25N3O5/c1-11-15(23-22-13-4-6-14(7-5-13)24(28)29)10-16-20(3)8-9-21(16,12(2)19(26)27)18(25)17(11)20/h4-7,11-12,16-17,22H,8-10H2,1-3H3,(H,26,27). The summed E-state index contributed by atoms with van der Waals surface area (Å²) in [6.45, 7) is 5.81. The highest BCUT2D eigenvalue weighted by molar-refractivity contribution is 6.03. The van der Waals surface area contributed by atoms with Crippen LogP contribution in [0, 0.1) is 44.6 Å². The number of carbonyl (C=O) groups excluding carboxylic acids is 1. The van der Waals surface area contributed by atoms with E-state index in [1.807, 2.05) is 6.92 Å². The van der Waals surface area contributed by atoms with Crippen LogP contribution in [0.15, 0.2) is 29.4 Å². The molecule has 0 spiro atoms. The van der Waals surface area contributed by atoms with Crippen LogP contribution < -0.4 is 5.43 Å². The van der Waals surface area contributed by atoms with Gasteiger partial charge in [-0.25, -0.2) is 0 Å². The number of carboxylic acids is 1. The van der Waals surface area contributed by atoms with Crippen molar-refractivity contribution in [3.63, 3.8) is 0 Å². The summed E-state index contributed by atoms with van der Waals surface area (Å²) in [5.74, 6) is -1.83. The molecule has 0 amide bonds. The first kappa shape index (κ1) is 19.5. The molecule has 1 aromatic carbocycles. The normalized spacial score (nSPS) is 37.6. The Morgan fingerprint density at radius 3 is 2.59 bits per heavy atom. The van der Waals surface area contributed by atoms with E-state index in [2.05, 4.69) is 17.5 Å². The molecule has 2 N–H and O–H groups in total. The number of nitro groups is 1. The van der Waals surface area contributed by atoms with Gasteiger partial charge in [0.05, 0.1) is 16.5 Å². The van der Waals surface area contributed by atoms with Crippen LogP contribution >= 0.6 is 0 Å². The van der Waals surface area contributed by atoms with Gasteiger partial charge in [-0.05, 0) is 42.7 Å². The Balaban J connectivity index is 1.63. The molecule has 0 heterocycles. The highest BCUT2D eigenvalue weighted by Gasteiger charge is 2.75. The van der Waals surface area contributed by atoms with Crippen LogP contribution in [0.4, 0.5) is 11.4 Å². The maximum atomic E-state index is 13.5. The van der Waals surface area contributed by atoms with Crippen LogP contribution in [0.25, 0.3) is 0 Å². The number of carbonyl (C=O) groups is 2. The van der Waals surface area contributed by atoms with Gasteiger partial charge in [0.25, 0.3) is 5.69 Å². The van der Waals surface area contributed by atoms with Gasteiger partial charge in [-0.15, -0.1) is 0 Å². The molecule has 3 aliphatic carbocycles. The third-order valence-corrected chi connectivity index (χ3v) is 7.94. The number of hydrogen-bond donors (Lipinski definition) is 2. The van der Waals surface area contributed by atoms with E-state index in [9.17, 15) is 24.8 Å². The van der Waals surface area contributed by atoms with E-state index in [1.54, 1.807) is 19.1 Å².